The van der Waals surface area contributed by atoms with Gasteiger partial charge >= 0.3 is 0 Å². The third-order valence-electron chi connectivity index (χ3n) is 5.32. The molecule has 2 aromatic carbocycles. The van der Waals surface area contributed by atoms with Crippen LogP contribution in [0.2, 0.25) is 0 Å². The van der Waals surface area contributed by atoms with Crippen LogP contribution in [-0.4, -0.2) is 42.0 Å². The van der Waals surface area contributed by atoms with Gasteiger partial charge in [0.1, 0.15) is 0 Å². The Morgan fingerprint density at radius 3 is 2.46 bits per heavy atom. The van der Waals surface area contributed by atoms with Gasteiger partial charge in [0.05, 0.1) is 12.0 Å². The Bertz CT molecular complexity index is 868. The SMILES string of the molecule is CN1CC(C(=O)NCC(O)c2ccc(C(C)(C)C)cc2)c2ccccc2C1=O. The zero-order valence-electron chi connectivity index (χ0n) is 16.9. The van der Waals surface area contributed by atoms with Gasteiger partial charge in [-0.05, 0) is 28.2 Å². The number of benzene rings is 2. The van der Waals surface area contributed by atoms with Crippen molar-refractivity contribution in [2.45, 2.75) is 38.2 Å². The predicted octanol–water partition coefficient (Wildman–Crippen LogP) is 3.00. The summed E-state index contributed by atoms with van der Waals surface area (Å²) in [6.45, 7) is 6.88. The zero-order chi connectivity index (χ0) is 20.5. The van der Waals surface area contributed by atoms with E-state index in [0.717, 1.165) is 11.1 Å². The highest BCUT2D eigenvalue weighted by Crippen LogP contribution is 2.28. The minimum absolute atomic E-state index is 0.0511. The van der Waals surface area contributed by atoms with Crippen molar-refractivity contribution >= 4 is 11.8 Å². The molecular weight excluding hydrogens is 352 g/mol. The van der Waals surface area contributed by atoms with Crippen molar-refractivity contribution in [2.24, 2.45) is 0 Å². The smallest absolute Gasteiger partial charge is 0.253 e. The number of carbonyl (C=O) groups excluding carboxylic acids is 2. The van der Waals surface area contributed by atoms with Crippen molar-refractivity contribution in [3.05, 3.63) is 70.8 Å². The van der Waals surface area contributed by atoms with Crippen molar-refractivity contribution in [1.82, 2.24) is 10.2 Å². The Morgan fingerprint density at radius 1 is 1.18 bits per heavy atom. The van der Waals surface area contributed by atoms with Crippen LogP contribution in [0.25, 0.3) is 0 Å². The van der Waals surface area contributed by atoms with Gasteiger partial charge in [-0.3, -0.25) is 9.59 Å². The van der Waals surface area contributed by atoms with Crippen LogP contribution in [0.1, 0.15) is 59.8 Å². The molecule has 2 amide bonds. The number of amides is 2. The Kier molecular flexibility index (Phi) is 5.57. The maximum absolute atomic E-state index is 12.8. The Morgan fingerprint density at radius 2 is 1.82 bits per heavy atom. The molecule has 0 aromatic heterocycles. The Labute approximate surface area is 166 Å². The van der Waals surface area contributed by atoms with Crippen LogP contribution in [-0.2, 0) is 10.2 Å². The van der Waals surface area contributed by atoms with E-state index in [1.165, 1.54) is 5.56 Å². The van der Waals surface area contributed by atoms with Crippen molar-refractivity contribution in [1.29, 1.82) is 0 Å². The minimum Gasteiger partial charge on any atom is -0.387 e. The monoisotopic (exact) mass is 380 g/mol. The molecule has 0 radical (unpaired) electrons. The first-order valence-corrected chi connectivity index (χ1v) is 9.59. The molecule has 2 unspecified atom stereocenters. The number of fused-ring (bicyclic) bond motifs is 1. The molecule has 148 valence electrons. The largest absolute Gasteiger partial charge is 0.387 e. The van der Waals surface area contributed by atoms with Crippen LogP contribution < -0.4 is 5.32 Å². The van der Waals surface area contributed by atoms with E-state index in [1.54, 1.807) is 24.1 Å². The fourth-order valence-corrected chi connectivity index (χ4v) is 3.52. The lowest BCUT2D eigenvalue weighted by Crippen LogP contribution is -2.44. The van der Waals surface area contributed by atoms with Gasteiger partial charge in [-0.2, -0.15) is 0 Å². The standard InChI is InChI=1S/C23H28N2O3/c1-23(2,3)16-11-9-15(10-12-16)20(26)13-24-21(27)19-14-25(4)22(28)18-8-6-5-7-17(18)19/h5-12,19-20,26H,13-14H2,1-4H3,(H,24,27). The number of nitrogens with zero attached hydrogens (tertiary/aromatic N) is 1. The van der Waals surface area contributed by atoms with Crippen LogP contribution in [0, 0.1) is 0 Å². The summed E-state index contributed by atoms with van der Waals surface area (Å²) in [4.78, 5) is 26.6. The van der Waals surface area contributed by atoms with Crippen LogP contribution in [0.15, 0.2) is 48.5 Å². The summed E-state index contributed by atoms with van der Waals surface area (Å²) in [6, 6.07) is 15.0. The van der Waals surface area contributed by atoms with Crippen LogP contribution in [0.4, 0.5) is 0 Å². The molecule has 5 heteroatoms. The maximum atomic E-state index is 12.8. The molecular formula is C23H28N2O3. The first-order chi connectivity index (χ1) is 13.2. The predicted molar refractivity (Wildman–Crippen MR) is 109 cm³/mol. The van der Waals surface area contributed by atoms with Gasteiger partial charge in [0.2, 0.25) is 5.91 Å². The van der Waals surface area contributed by atoms with Crippen molar-refractivity contribution in [3.8, 4) is 0 Å². The lowest BCUT2D eigenvalue weighted by Gasteiger charge is -2.31. The van der Waals surface area contributed by atoms with Crippen molar-refractivity contribution in [3.63, 3.8) is 0 Å². The van der Waals surface area contributed by atoms with Crippen LogP contribution in [0.5, 0.6) is 0 Å². The molecule has 0 fully saturated rings. The van der Waals surface area contributed by atoms with E-state index in [-0.39, 0.29) is 23.8 Å². The van der Waals surface area contributed by atoms with Crippen LogP contribution in [0.3, 0.4) is 0 Å². The van der Waals surface area contributed by atoms with Crippen molar-refractivity contribution in [2.75, 3.05) is 20.1 Å². The summed E-state index contributed by atoms with van der Waals surface area (Å²) in [5.74, 6) is -0.690. The number of aliphatic hydroxyl groups is 1. The second-order valence-corrected chi connectivity index (χ2v) is 8.46. The second kappa shape index (κ2) is 7.76. The van der Waals surface area contributed by atoms with E-state index in [4.69, 9.17) is 0 Å². The molecule has 28 heavy (non-hydrogen) atoms. The summed E-state index contributed by atoms with van der Waals surface area (Å²) in [7, 11) is 1.70. The van der Waals surface area contributed by atoms with Gasteiger partial charge < -0.3 is 15.3 Å². The molecule has 1 aliphatic rings. The highest BCUT2D eigenvalue weighted by Gasteiger charge is 2.33. The maximum Gasteiger partial charge on any atom is 0.253 e. The zero-order valence-corrected chi connectivity index (χ0v) is 16.9. The molecule has 0 bridgehead atoms. The van der Waals surface area contributed by atoms with E-state index in [0.29, 0.717) is 12.1 Å². The van der Waals surface area contributed by atoms with Gasteiger partial charge in [0.25, 0.3) is 5.91 Å². The van der Waals surface area contributed by atoms with Gasteiger partial charge in [0, 0.05) is 25.7 Å². The average molecular weight is 380 g/mol. The lowest BCUT2D eigenvalue weighted by atomic mass is 9.86. The van der Waals surface area contributed by atoms with Crippen LogP contribution >= 0.6 is 0 Å². The van der Waals surface area contributed by atoms with E-state index < -0.39 is 12.0 Å². The topological polar surface area (TPSA) is 69.6 Å². The summed E-state index contributed by atoms with van der Waals surface area (Å²) in [5, 5.41) is 13.3. The molecule has 2 N–H and O–H groups in total. The summed E-state index contributed by atoms with van der Waals surface area (Å²) in [6.07, 6.45) is -0.781. The summed E-state index contributed by atoms with van der Waals surface area (Å²) >= 11 is 0. The Balaban J connectivity index is 1.67. The number of carbonyl (C=O) groups is 2. The highest BCUT2D eigenvalue weighted by molar-refractivity contribution is 6.00. The molecule has 2 aromatic rings. The second-order valence-electron chi connectivity index (χ2n) is 8.46. The number of aliphatic hydroxyl groups excluding tert-OH is 1. The van der Waals surface area contributed by atoms with E-state index in [9.17, 15) is 14.7 Å². The summed E-state index contributed by atoms with van der Waals surface area (Å²) in [5.41, 5.74) is 3.32. The minimum atomic E-state index is -0.781. The molecule has 0 saturated carbocycles. The van der Waals surface area contributed by atoms with Gasteiger partial charge in [-0.25, -0.2) is 0 Å². The molecule has 0 saturated heterocycles. The molecule has 1 aliphatic heterocycles. The van der Waals surface area contributed by atoms with Gasteiger partial charge in [0.15, 0.2) is 0 Å². The van der Waals surface area contributed by atoms with Crippen molar-refractivity contribution < 1.29 is 14.7 Å². The molecule has 5 nitrogen and oxygen atoms in total. The third kappa shape index (κ3) is 4.09. The molecule has 2 atom stereocenters. The lowest BCUT2D eigenvalue weighted by molar-refractivity contribution is -0.123. The molecule has 1 heterocycles. The van der Waals surface area contributed by atoms with E-state index >= 15 is 0 Å². The first-order valence-electron chi connectivity index (χ1n) is 9.59. The molecule has 3 rings (SSSR count). The summed E-state index contributed by atoms with van der Waals surface area (Å²) < 4.78 is 0. The fraction of sp³-hybridized carbons (Fsp3) is 0.391. The highest BCUT2D eigenvalue weighted by atomic mass is 16.3. The normalized spacial score (nSPS) is 17.8. The quantitative estimate of drug-likeness (QED) is 0.857. The molecule has 0 spiro atoms. The number of hydrogen-bond acceptors (Lipinski definition) is 3. The number of likely N-dealkylation sites (N-methyl/N-ethyl adjacent to an activating group) is 1. The van der Waals surface area contributed by atoms with Gasteiger partial charge in [-0.1, -0.05) is 63.2 Å². The number of nitrogens with one attached hydrogen (secondary N) is 1. The Hall–Kier alpha value is -2.66. The third-order valence-corrected chi connectivity index (χ3v) is 5.32. The number of rotatable bonds is 4. The fourth-order valence-electron chi connectivity index (χ4n) is 3.52. The molecule has 0 aliphatic carbocycles. The van der Waals surface area contributed by atoms with E-state index in [2.05, 4.69) is 26.1 Å². The van der Waals surface area contributed by atoms with Gasteiger partial charge in [-0.15, -0.1) is 0 Å². The number of hydrogen-bond donors (Lipinski definition) is 2. The van der Waals surface area contributed by atoms with E-state index in [1.807, 2.05) is 36.4 Å². The average Bonchev–Trinajstić information content (AvgIpc) is 2.68. The first kappa shape index (κ1) is 20.1.